The van der Waals surface area contributed by atoms with Gasteiger partial charge in [0.05, 0.1) is 6.61 Å². The number of halogens is 3. The molecule has 0 atom stereocenters. The van der Waals surface area contributed by atoms with Crippen LogP contribution in [0.3, 0.4) is 0 Å². The fraction of sp³-hybridized carbons (Fsp3) is 0.400. The summed E-state index contributed by atoms with van der Waals surface area (Å²) in [6.07, 6.45) is 1.59. The highest BCUT2D eigenvalue weighted by Crippen LogP contribution is 2.21. The van der Waals surface area contributed by atoms with Crippen molar-refractivity contribution in [3.05, 3.63) is 29.6 Å². The Bertz CT molecular complexity index is 312. The number of rotatable bonds is 4. The van der Waals surface area contributed by atoms with Gasteiger partial charge >= 0.3 is 0 Å². The summed E-state index contributed by atoms with van der Waals surface area (Å²) in [7, 11) is 0. The van der Waals surface area contributed by atoms with E-state index >= 15 is 0 Å². The van der Waals surface area contributed by atoms with E-state index in [9.17, 15) is 13.2 Å². The second-order valence-corrected chi connectivity index (χ2v) is 2.90. The fourth-order valence-electron chi connectivity index (χ4n) is 0.964. The predicted molar refractivity (Wildman–Crippen MR) is 46.7 cm³/mol. The second-order valence-electron chi connectivity index (χ2n) is 2.90. The summed E-state index contributed by atoms with van der Waals surface area (Å²) < 4.78 is 43.1. The highest BCUT2D eigenvalue weighted by atomic mass is 19.2. The van der Waals surface area contributed by atoms with Gasteiger partial charge in [0.2, 0.25) is 5.82 Å². The molecule has 4 heteroatoms. The summed E-state index contributed by atoms with van der Waals surface area (Å²) in [5, 5.41) is 0. The van der Waals surface area contributed by atoms with E-state index in [2.05, 4.69) is 0 Å². The van der Waals surface area contributed by atoms with E-state index < -0.39 is 17.5 Å². The Balaban J connectivity index is 2.75. The number of ether oxygens (including phenoxy) is 1. The first-order valence-corrected chi connectivity index (χ1v) is 4.42. The van der Waals surface area contributed by atoms with Crippen molar-refractivity contribution >= 4 is 0 Å². The van der Waals surface area contributed by atoms with Crippen LogP contribution in [0.25, 0.3) is 0 Å². The van der Waals surface area contributed by atoms with Crippen LogP contribution in [0.4, 0.5) is 13.2 Å². The predicted octanol–water partition coefficient (Wildman–Crippen LogP) is 3.28. The van der Waals surface area contributed by atoms with E-state index in [1.54, 1.807) is 0 Å². The highest BCUT2D eigenvalue weighted by Gasteiger charge is 2.11. The van der Waals surface area contributed by atoms with E-state index in [1.165, 1.54) is 0 Å². The largest absolute Gasteiger partial charge is 0.490 e. The highest BCUT2D eigenvalue weighted by molar-refractivity contribution is 5.26. The first-order chi connectivity index (χ1) is 6.65. The van der Waals surface area contributed by atoms with Crippen LogP contribution in [0.5, 0.6) is 5.75 Å². The zero-order valence-corrected chi connectivity index (χ0v) is 7.82. The molecule has 0 unspecified atom stereocenters. The molecular formula is C10H11F3O. The zero-order valence-electron chi connectivity index (χ0n) is 7.82. The Kier molecular flexibility index (Phi) is 3.80. The van der Waals surface area contributed by atoms with Crippen LogP contribution >= 0.6 is 0 Å². The molecule has 0 saturated carbocycles. The maximum Gasteiger partial charge on any atom is 0.200 e. The summed E-state index contributed by atoms with van der Waals surface area (Å²) in [6, 6.07) is 1.33. The Hall–Kier alpha value is -1.19. The third-order valence-electron chi connectivity index (χ3n) is 1.72. The van der Waals surface area contributed by atoms with Gasteiger partial charge in [-0.1, -0.05) is 13.3 Å². The van der Waals surface area contributed by atoms with Gasteiger partial charge in [0.1, 0.15) is 5.82 Å². The molecule has 1 aromatic rings. The van der Waals surface area contributed by atoms with Crippen molar-refractivity contribution in [1.82, 2.24) is 0 Å². The van der Waals surface area contributed by atoms with Crippen LogP contribution in [0.2, 0.25) is 0 Å². The molecule has 0 aliphatic rings. The van der Waals surface area contributed by atoms with Crippen LogP contribution in [-0.2, 0) is 0 Å². The van der Waals surface area contributed by atoms with Crippen molar-refractivity contribution in [2.75, 3.05) is 6.61 Å². The molecule has 1 aromatic carbocycles. The Labute approximate surface area is 80.5 Å². The van der Waals surface area contributed by atoms with Gasteiger partial charge in [0.15, 0.2) is 11.6 Å². The molecule has 0 spiro atoms. The minimum atomic E-state index is -1.23. The van der Waals surface area contributed by atoms with Crippen LogP contribution in [-0.4, -0.2) is 6.61 Å². The second kappa shape index (κ2) is 4.88. The van der Waals surface area contributed by atoms with Gasteiger partial charge in [-0.25, -0.2) is 8.78 Å². The summed E-state index contributed by atoms with van der Waals surface area (Å²) in [4.78, 5) is 0. The van der Waals surface area contributed by atoms with Gasteiger partial charge in [-0.3, -0.25) is 0 Å². The minimum Gasteiger partial charge on any atom is -0.490 e. The van der Waals surface area contributed by atoms with Crippen LogP contribution in [0, 0.1) is 17.5 Å². The minimum absolute atomic E-state index is 0.260. The number of hydrogen-bond donors (Lipinski definition) is 0. The van der Waals surface area contributed by atoms with E-state index in [0.29, 0.717) is 6.07 Å². The number of hydrogen-bond acceptors (Lipinski definition) is 1. The summed E-state index contributed by atoms with van der Waals surface area (Å²) in [5.74, 6) is -3.56. The van der Waals surface area contributed by atoms with Crippen LogP contribution in [0.1, 0.15) is 19.8 Å². The molecule has 1 nitrogen and oxygen atoms in total. The van der Waals surface area contributed by atoms with Gasteiger partial charge in [0, 0.05) is 12.1 Å². The van der Waals surface area contributed by atoms with Crippen molar-refractivity contribution in [3.63, 3.8) is 0 Å². The van der Waals surface area contributed by atoms with Gasteiger partial charge in [-0.2, -0.15) is 4.39 Å². The van der Waals surface area contributed by atoms with Crippen molar-refractivity contribution in [2.24, 2.45) is 0 Å². The monoisotopic (exact) mass is 204 g/mol. The summed E-state index contributed by atoms with van der Waals surface area (Å²) in [5.41, 5.74) is 0. The summed E-state index contributed by atoms with van der Waals surface area (Å²) in [6.45, 7) is 2.20. The van der Waals surface area contributed by atoms with Gasteiger partial charge < -0.3 is 4.74 Å². The average Bonchev–Trinajstić information content (AvgIpc) is 2.13. The van der Waals surface area contributed by atoms with Crippen molar-refractivity contribution in [2.45, 2.75) is 19.8 Å². The van der Waals surface area contributed by atoms with E-state index in [1.807, 2.05) is 6.92 Å². The normalized spacial score (nSPS) is 10.3. The molecule has 0 radical (unpaired) electrons. The molecule has 0 heterocycles. The lowest BCUT2D eigenvalue weighted by molar-refractivity contribution is 0.286. The lowest BCUT2D eigenvalue weighted by Crippen LogP contribution is -2.00. The zero-order chi connectivity index (χ0) is 10.6. The Morgan fingerprint density at radius 2 is 1.93 bits per heavy atom. The standard InChI is InChI=1S/C10H11F3O/c1-2-3-4-14-9-6-7(11)5-8(12)10(9)13/h5-6H,2-4H2,1H3. The van der Waals surface area contributed by atoms with Gasteiger partial charge in [-0.15, -0.1) is 0 Å². The topological polar surface area (TPSA) is 9.23 Å². The van der Waals surface area contributed by atoms with Crippen molar-refractivity contribution < 1.29 is 17.9 Å². The smallest absolute Gasteiger partial charge is 0.200 e. The fourth-order valence-corrected chi connectivity index (χ4v) is 0.964. The quantitative estimate of drug-likeness (QED) is 0.540. The van der Waals surface area contributed by atoms with Gasteiger partial charge in [-0.05, 0) is 6.42 Å². The van der Waals surface area contributed by atoms with E-state index in [0.717, 1.165) is 18.9 Å². The lowest BCUT2D eigenvalue weighted by Gasteiger charge is -2.06. The molecule has 0 amide bonds. The molecule has 14 heavy (non-hydrogen) atoms. The molecule has 0 fully saturated rings. The van der Waals surface area contributed by atoms with Crippen LogP contribution < -0.4 is 4.74 Å². The average molecular weight is 204 g/mol. The SMILES string of the molecule is CCCCOc1cc(F)cc(F)c1F. The molecule has 0 aliphatic heterocycles. The number of benzene rings is 1. The van der Waals surface area contributed by atoms with Gasteiger partial charge in [0.25, 0.3) is 0 Å². The Morgan fingerprint density at radius 3 is 2.57 bits per heavy atom. The maximum atomic E-state index is 12.9. The first kappa shape index (κ1) is 10.9. The van der Waals surface area contributed by atoms with Crippen LogP contribution in [0.15, 0.2) is 12.1 Å². The third kappa shape index (κ3) is 2.65. The lowest BCUT2D eigenvalue weighted by atomic mass is 10.3. The molecule has 78 valence electrons. The first-order valence-electron chi connectivity index (χ1n) is 4.42. The molecule has 0 aromatic heterocycles. The molecule has 0 saturated heterocycles. The maximum absolute atomic E-state index is 12.9. The van der Waals surface area contributed by atoms with Crippen molar-refractivity contribution in [1.29, 1.82) is 0 Å². The Morgan fingerprint density at radius 1 is 1.21 bits per heavy atom. The third-order valence-corrected chi connectivity index (χ3v) is 1.72. The molecule has 0 N–H and O–H groups in total. The number of unbranched alkanes of at least 4 members (excludes halogenated alkanes) is 1. The van der Waals surface area contributed by atoms with Crippen molar-refractivity contribution in [3.8, 4) is 5.75 Å². The summed E-state index contributed by atoms with van der Waals surface area (Å²) >= 11 is 0. The molecular weight excluding hydrogens is 193 g/mol. The molecule has 0 aliphatic carbocycles. The molecule has 0 bridgehead atoms. The molecule has 1 rings (SSSR count). The van der Waals surface area contributed by atoms with E-state index in [4.69, 9.17) is 4.74 Å². The van der Waals surface area contributed by atoms with E-state index in [-0.39, 0.29) is 12.4 Å².